The number of benzene rings is 2. The van der Waals surface area contributed by atoms with Crippen LogP contribution in [0.5, 0.6) is 6.01 Å². The van der Waals surface area contributed by atoms with Gasteiger partial charge in [-0.25, -0.2) is 13.2 Å². The smallest absolute Gasteiger partial charge is 0.422 e. The Hall–Kier alpha value is -4.46. The van der Waals surface area contributed by atoms with E-state index in [9.17, 15) is 36.4 Å². The summed E-state index contributed by atoms with van der Waals surface area (Å²) >= 11 is 6.04. The first-order chi connectivity index (χ1) is 25.3. The number of alkyl halides is 3. The lowest BCUT2D eigenvalue weighted by atomic mass is 10.1. The number of likely N-dealkylation sites (tertiary alicyclic amines) is 1. The van der Waals surface area contributed by atoms with Gasteiger partial charge in [-0.15, -0.1) is 0 Å². The van der Waals surface area contributed by atoms with E-state index in [1.165, 1.54) is 29.2 Å². The van der Waals surface area contributed by atoms with Gasteiger partial charge in [0.25, 0.3) is 5.91 Å². The number of hydrogen-bond acceptors (Lipinski definition) is 12. The number of carbonyl (C=O) groups is 2. The molecule has 0 radical (unpaired) electrons. The molecule has 292 valence electrons. The molecule has 3 fully saturated rings. The summed E-state index contributed by atoms with van der Waals surface area (Å²) in [6.07, 6.45) is -3.02. The van der Waals surface area contributed by atoms with E-state index < -0.39 is 75.8 Å². The van der Waals surface area contributed by atoms with Gasteiger partial charge < -0.3 is 35.5 Å². The highest BCUT2D eigenvalue weighted by Crippen LogP contribution is 2.48. The maximum atomic E-state index is 13.3. The van der Waals surface area contributed by atoms with Crippen molar-refractivity contribution in [3.8, 4) is 6.01 Å². The molecule has 2 saturated carbocycles. The van der Waals surface area contributed by atoms with Gasteiger partial charge in [0.15, 0.2) is 6.61 Å². The molecule has 1 aliphatic heterocycles. The lowest BCUT2D eigenvalue weighted by molar-refractivity contribution is -0.154. The second-order valence-electron chi connectivity index (χ2n) is 14.5. The number of halogens is 4. The van der Waals surface area contributed by atoms with Crippen LogP contribution in [-0.2, 0) is 20.3 Å². The summed E-state index contributed by atoms with van der Waals surface area (Å²) in [4.78, 5) is 40.0. The van der Waals surface area contributed by atoms with Crippen molar-refractivity contribution in [3.63, 3.8) is 0 Å². The molecule has 15 nitrogen and oxygen atoms in total. The number of nitrogens with zero attached hydrogens (tertiary/aromatic N) is 5. The van der Waals surface area contributed by atoms with Crippen LogP contribution < -0.4 is 20.7 Å². The first kappa shape index (κ1) is 39.2. The molecule has 2 amide bonds. The van der Waals surface area contributed by atoms with Crippen molar-refractivity contribution in [3.05, 3.63) is 69.9 Å². The van der Waals surface area contributed by atoms with E-state index in [-0.39, 0.29) is 34.9 Å². The highest BCUT2D eigenvalue weighted by atomic mass is 35.5. The summed E-state index contributed by atoms with van der Waals surface area (Å²) in [6.45, 7) is 2.90. The molecule has 54 heavy (non-hydrogen) atoms. The fourth-order valence-corrected chi connectivity index (χ4v) is 7.49. The van der Waals surface area contributed by atoms with Crippen molar-refractivity contribution in [1.82, 2.24) is 29.6 Å². The standard InChI is InChI=1S/C34H39ClF3N8O7S/c1-32(2,3)53-31(48)45-17-24(16-25(45)18-46(49)54(50,51)26-12-13-26)39-27(47)20-4-10-23(11-5-20)40-28-41-29(43-30(42-28)52-19-34(36,37)38)44-33(14-15-33)21-6-8-22(35)9-7-21/h4-11,24-26H,12-19H2,1-3H3,(H,39,47)(H2,40,41,42,43,44)/q-1/t24-,25+/m0/s1. The first-order valence-corrected chi connectivity index (χ1v) is 19.0. The van der Waals surface area contributed by atoms with Crippen LogP contribution in [0.4, 0.5) is 35.5 Å². The second kappa shape index (κ2) is 15.0. The van der Waals surface area contributed by atoms with Crippen molar-refractivity contribution in [2.75, 3.05) is 30.3 Å². The van der Waals surface area contributed by atoms with Crippen LogP contribution in [-0.4, -0.2) is 93.5 Å². The van der Waals surface area contributed by atoms with Gasteiger partial charge >= 0.3 is 18.3 Å². The Labute approximate surface area is 314 Å². The summed E-state index contributed by atoms with van der Waals surface area (Å²) in [5, 5.41) is 21.5. The minimum Gasteiger partial charge on any atom is -0.772 e. The molecule has 3 aliphatic rings. The molecule has 2 aromatic carbocycles. The average molecular weight is 796 g/mol. The largest absolute Gasteiger partial charge is 0.772 e. The van der Waals surface area contributed by atoms with Crippen molar-refractivity contribution in [1.29, 1.82) is 0 Å². The molecule has 3 N–H and O–H groups in total. The Kier molecular flexibility index (Phi) is 10.9. The number of aromatic nitrogens is 3. The molecular formula is C34H39ClF3N8O7S-. The lowest BCUT2D eigenvalue weighted by Crippen LogP contribution is -2.46. The molecule has 6 rings (SSSR count). The van der Waals surface area contributed by atoms with Crippen LogP contribution in [0.3, 0.4) is 0 Å². The third-order valence-electron chi connectivity index (χ3n) is 8.85. The van der Waals surface area contributed by atoms with Gasteiger partial charge in [0, 0.05) is 41.4 Å². The predicted molar refractivity (Wildman–Crippen MR) is 192 cm³/mol. The molecule has 20 heteroatoms. The lowest BCUT2D eigenvalue weighted by Gasteiger charge is -2.34. The Morgan fingerprint density at radius 1 is 1.02 bits per heavy atom. The number of anilines is 3. The van der Waals surface area contributed by atoms with E-state index in [1.807, 2.05) is 12.1 Å². The number of hydrogen-bond donors (Lipinski definition) is 3. The highest BCUT2D eigenvalue weighted by molar-refractivity contribution is 7.90. The molecule has 0 bridgehead atoms. The summed E-state index contributed by atoms with van der Waals surface area (Å²) in [5.41, 5.74) is 0.0946. The molecule has 2 heterocycles. The summed E-state index contributed by atoms with van der Waals surface area (Å²) < 4.78 is 74.4. The van der Waals surface area contributed by atoms with Crippen LogP contribution in [0.1, 0.15) is 68.8 Å². The Balaban J connectivity index is 1.13. The zero-order valence-corrected chi connectivity index (χ0v) is 31.1. The van der Waals surface area contributed by atoms with Crippen LogP contribution in [0.25, 0.3) is 0 Å². The Bertz CT molecular complexity index is 1960. The van der Waals surface area contributed by atoms with Gasteiger partial charge in [0.1, 0.15) is 5.60 Å². The fourth-order valence-electron chi connectivity index (χ4n) is 5.92. The maximum Gasteiger partial charge on any atom is 0.422 e. The molecule has 0 spiro atoms. The highest BCUT2D eigenvalue weighted by Gasteiger charge is 2.45. The van der Waals surface area contributed by atoms with Gasteiger partial charge in [-0.05, 0) is 94.8 Å². The van der Waals surface area contributed by atoms with E-state index in [4.69, 9.17) is 21.1 Å². The minimum absolute atomic E-state index is 0.0178. The number of nitrogens with one attached hydrogen (secondary N) is 3. The average Bonchev–Trinajstić information content (AvgIpc) is 4.02. The topological polar surface area (TPSA) is 191 Å². The monoisotopic (exact) mass is 795 g/mol. The molecule has 1 saturated heterocycles. The quantitative estimate of drug-likeness (QED) is 0.179. The Morgan fingerprint density at radius 2 is 1.67 bits per heavy atom. The zero-order valence-electron chi connectivity index (χ0n) is 29.5. The van der Waals surface area contributed by atoms with Crippen molar-refractivity contribution < 1.29 is 40.7 Å². The van der Waals surface area contributed by atoms with Gasteiger partial charge in [0.2, 0.25) is 21.9 Å². The van der Waals surface area contributed by atoms with Crippen molar-refractivity contribution in [2.45, 2.75) is 87.5 Å². The number of carbonyl (C=O) groups excluding carboxylic acids is 2. The van der Waals surface area contributed by atoms with E-state index >= 15 is 0 Å². The molecular weight excluding hydrogens is 757 g/mol. The van der Waals surface area contributed by atoms with Crippen LogP contribution in [0, 0.1) is 5.21 Å². The summed E-state index contributed by atoms with van der Waals surface area (Å²) in [5.74, 6) is -0.648. The van der Waals surface area contributed by atoms with E-state index in [1.54, 1.807) is 32.9 Å². The normalized spacial score (nSPS) is 19.7. The van der Waals surface area contributed by atoms with Gasteiger partial charge in [-0.3, -0.25) is 9.26 Å². The number of sulfonamides is 1. The summed E-state index contributed by atoms with van der Waals surface area (Å²) in [6, 6.07) is 11.1. The first-order valence-electron chi connectivity index (χ1n) is 17.1. The Morgan fingerprint density at radius 3 is 2.26 bits per heavy atom. The summed E-state index contributed by atoms with van der Waals surface area (Å²) in [7, 11) is -4.05. The molecule has 2 atom stereocenters. The number of amides is 2. The van der Waals surface area contributed by atoms with Crippen LogP contribution >= 0.6 is 11.6 Å². The SMILES string of the molecule is CC(C)(C)OC(=O)N1C[C@@H](NC(=O)c2ccc(Nc3nc(NC4(c5ccc(Cl)cc5)CC4)nc(OCC(F)(F)F)n3)cc2)C[C@@H]1CN([O-])S(=O)(=O)C1CC1. The van der Waals surface area contributed by atoms with E-state index in [0.29, 0.717) is 36.4 Å². The second-order valence-corrected chi connectivity index (χ2v) is 17.0. The number of ether oxygens (including phenoxy) is 2. The van der Waals surface area contributed by atoms with Gasteiger partial charge in [-0.1, -0.05) is 23.7 Å². The minimum atomic E-state index is -4.63. The van der Waals surface area contributed by atoms with Crippen molar-refractivity contribution >= 4 is 51.2 Å². The van der Waals surface area contributed by atoms with Gasteiger partial charge in [0.05, 0.1) is 10.8 Å². The molecule has 3 aromatic rings. The molecule has 1 aromatic heterocycles. The zero-order chi connectivity index (χ0) is 39.1. The maximum absolute atomic E-state index is 13.3. The van der Waals surface area contributed by atoms with Crippen LogP contribution in [0.2, 0.25) is 5.02 Å². The third-order valence-corrected chi connectivity index (χ3v) is 11.1. The van der Waals surface area contributed by atoms with E-state index in [2.05, 4.69) is 30.9 Å². The van der Waals surface area contributed by atoms with Gasteiger partial charge in [-0.2, -0.15) is 28.1 Å². The molecule has 2 aliphatic carbocycles. The number of hydroxylamine groups is 1. The number of rotatable bonds is 13. The molecule has 0 unspecified atom stereocenters. The van der Waals surface area contributed by atoms with E-state index in [0.717, 1.165) is 5.56 Å². The van der Waals surface area contributed by atoms with Crippen molar-refractivity contribution in [2.24, 2.45) is 0 Å². The van der Waals surface area contributed by atoms with Crippen LogP contribution in [0.15, 0.2) is 48.5 Å². The third kappa shape index (κ3) is 9.99. The predicted octanol–water partition coefficient (Wildman–Crippen LogP) is 5.71. The fraction of sp³-hybridized carbons (Fsp3) is 0.500.